The number of carbonyl (C=O) groups excluding carboxylic acids is 1. The zero-order chi connectivity index (χ0) is 15.0. The van der Waals surface area contributed by atoms with E-state index in [9.17, 15) is 4.79 Å². The predicted octanol–water partition coefficient (Wildman–Crippen LogP) is 3.69. The Balaban J connectivity index is 2.75. The molecule has 1 amide bonds. The molecule has 0 aliphatic rings. The molecule has 20 heavy (non-hydrogen) atoms. The van der Waals surface area contributed by atoms with E-state index in [1.807, 2.05) is 43.8 Å². The first kappa shape index (κ1) is 16.9. The predicted molar refractivity (Wildman–Crippen MR) is 89.9 cm³/mol. The topological polar surface area (TPSA) is 41.1 Å². The second kappa shape index (κ2) is 8.90. The van der Waals surface area contributed by atoms with Crippen LogP contribution in [0, 0.1) is 6.92 Å². The molecule has 0 bridgehead atoms. The van der Waals surface area contributed by atoms with Crippen molar-refractivity contribution >= 4 is 23.4 Å². The molecule has 1 unspecified atom stereocenters. The maximum atomic E-state index is 12.4. The maximum Gasteiger partial charge on any atom is 0.253 e. The molecular weight excluding hydrogens is 268 g/mol. The molecule has 0 fully saturated rings. The van der Waals surface area contributed by atoms with Gasteiger partial charge in [0.15, 0.2) is 0 Å². The van der Waals surface area contributed by atoms with E-state index in [4.69, 9.17) is 0 Å². The molecule has 0 saturated carbocycles. The summed E-state index contributed by atoms with van der Waals surface area (Å²) in [4.78, 5) is 12.4. The van der Waals surface area contributed by atoms with Gasteiger partial charge in [-0.3, -0.25) is 4.79 Å². The number of hydrogen-bond acceptors (Lipinski definition) is 3. The number of aryl methyl sites for hydroxylation is 1. The fourth-order valence-corrected chi connectivity index (χ4v) is 2.57. The van der Waals surface area contributed by atoms with E-state index in [-0.39, 0.29) is 11.9 Å². The molecule has 1 aromatic rings. The van der Waals surface area contributed by atoms with Crippen molar-refractivity contribution in [2.75, 3.05) is 23.4 Å². The highest BCUT2D eigenvalue weighted by Crippen LogP contribution is 2.18. The van der Waals surface area contributed by atoms with Gasteiger partial charge in [0.05, 0.1) is 5.56 Å². The van der Waals surface area contributed by atoms with Crippen LogP contribution in [0.3, 0.4) is 0 Å². The van der Waals surface area contributed by atoms with Crippen LogP contribution in [0.1, 0.15) is 43.1 Å². The standard InChI is InChI=1S/C16H26N2OS/c1-5-9-17-15-10-12(3)7-8-14(15)16(19)18-13(4)11-20-6-2/h7-8,10,13,17H,5-6,9,11H2,1-4H3,(H,18,19). The molecule has 112 valence electrons. The molecule has 0 radical (unpaired) electrons. The van der Waals surface area contributed by atoms with Gasteiger partial charge in [-0.15, -0.1) is 0 Å². The largest absolute Gasteiger partial charge is 0.384 e. The third-order valence-corrected chi connectivity index (χ3v) is 4.08. The van der Waals surface area contributed by atoms with E-state index in [0.717, 1.165) is 41.3 Å². The summed E-state index contributed by atoms with van der Waals surface area (Å²) in [5, 5.41) is 6.40. The lowest BCUT2D eigenvalue weighted by molar-refractivity contribution is 0.0944. The van der Waals surface area contributed by atoms with Gasteiger partial charge in [0.2, 0.25) is 0 Å². The number of anilines is 1. The van der Waals surface area contributed by atoms with Crippen LogP contribution in [0.15, 0.2) is 18.2 Å². The molecule has 1 atom stereocenters. The van der Waals surface area contributed by atoms with E-state index in [1.54, 1.807) is 0 Å². The Morgan fingerprint density at radius 3 is 2.75 bits per heavy atom. The van der Waals surface area contributed by atoms with Crippen LogP contribution in [0.5, 0.6) is 0 Å². The van der Waals surface area contributed by atoms with E-state index in [0.29, 0.717) is 0 Å². The van der Waals surface area contributed by atoms with Gasteiger partial charge in [-0.2, -0.15) is 11.8 Å². The first-order valence-electron chi connectivity index (χ1n) is 7.31. The van der Waals surface area contributed by atoms with Gasteiger partial charge < -0.3 is 10.6 Å². The van der Waals surface area contributed by atoms with Crippen LogP contribution in [-0.2, 0) is 0 Å². The van der Waals surface area contributed by atoms with E-state index in [2.05, 4.69) is 24.5 Å². The van der Waals surface area contributed by atoms with Gasteiger partial charge in [0, 0.05) is 24.0 Å². The highest BCUT2D eigenvalue weighted by atomic mass is 32.2. The molecule has 0 spiro atoms. The molecular formula is C16H26N2OS. The molecule has 0 aliphatic heterocycles. The molecule has 1 rings (SSSR count). The van der Waals surface area contributed by atoms with Gasteiger partial charge in [-0.25, -0.2) is 0 Å². The van der Waals surface area contributed by atoms with Gasteiger partial charge in [-0.1, -0.05) is 19.9 Å². The first-order chi connectivity index (χ1) is 9.58. The summed E-state index contributed by atoms with van der Waals surface area (Å²) in [5.74, 6) is 2.03. The van der Waals surface area contributed by atoms with E-state index >= 15 is 0 Å². The van der Waals surface area contributed by atoms with Crippen LogP contribution in [-0.4, -0.2) is 30.0 Å². The number of carbonyl (C=O) groups is 1. The summed E-state index contributed by atoms with van der Waals surface area (Å²) in [7, 11) is 0. The van der Waals surface area contributed by atoms with Crippen molar-refractivity contribution in [1.82, 2.24) is 5.32 Å². The summed E-state index contributed by atoms with van der Waals surface area (Å²) in [6, 6.07) is 6.11. The Labute approximate surface area is 126 Å². The number of benzene rings is 1. The highest BCUT2D eigenvalue weighted by Gasteiger charge is 2.13. The number of hydrogen-bond donors (Lipinski definition) is 2. The van der Waals surface area contributed by atoms with Gasteiger partial charge >= 0.3 is 0 Å². The lowest BCUT2D eigenvalue weighted by Crippen LogP contribution is -2.34. The van der Waals surface area contributed by atoms with E-state index in [1.165, 1.54) is 0 Å². The van der Waals surface area contributed by atoms with Crippen molar-refractivity contribution in [3.8, 4) is 0 Å². The van der Waals surface area contributed by atoms with Crippen molar-refractivity contribution < 1.29 is 4.79 Å². The normalized spacial score (nSPS) is 12.0. The van der Waals surface area contributed by atoms with Crippen LogP contribution in [0.4, 0.5) is 5.69 Å². The lowest BCUT2D eigenvalue weighted by Gasteiger charge is -2.16. The first-order valence-corrected chi connectivity index (χ1v) is 8.47. The van der Waals surface area contributed by atoms with Crippen LogP contribution in [0.2, 0.25) is 0 Å². The molecule has 0 aromatic heterocycles. The average molecular weight is 294 g/mol. The molecule has 0 saturated heterocycles. The van der Waals surface area contributed by atoms with Crippen molar-refractivity contribution in [3.05, 3.63) is 29.3 Å². The SMILES string of the molecule is CCCNc1cc(C)ccc1C(=O)NC(C)CSCC. The Morgan fingerprint density at radius 1 is 1.35 bits per heavy atom. The summed E-state index contributed by atoms with van der Waals surface area (Å²) in [5.41, 5.74) is 2.83. The van der Waals surface area contributed by atoms with Crippen molar-refractivity contribution in [2.24, 2.45) is 0 Å². The smallest absolute Gasteiger partial charge is 0.253 e. The van der Waals surface area contributed by atoms with Crippen LogP contribution >= 0.6 is 11.8 Å². The van der Waals surface area contributed by atoms with E-state index < -0.39 is 0 Å². The van der Waals surface area contributed by atoms with Crippen LogP contribution in [0.25, 0.3) is 0 Å². The zero-order valence-electron chi connectivity index (χ0n) is 13.0. The lowest BCUT2D eigenvalue weighted by atomic mass is 10.1. The summed E-state index contributed by atoms with van der Waals surface area (Å²) >= 11 is 1.84. The summed E-state index contributed by atoms with van der Waals surface area (Å²) < 4.78 is 0. The molecule has 2 N–H and O–H groups in total. The number of nitrogens with one attached hydrogen (secondary N) is 2. The second-order valence-corrected chi connectivity index (χ2v) is 6.33. The number of rotatable bonds is 8. The third-order valence-electron chi connectivity index (χ3n) is 2.93. The fourth-order valence-electron chi connectivity index (χ4n) is 1.90. The minimum Gasteiger partial charge on any atom is -0.384 e. The Kier molecular flexibility index (Phi) is 7.52. The van der Waals surface area contributed by atoms with Crippen molar-refractivity contribution in [1.29, 1.82) is 0 Å². The van der Waals surface area contributed by atoms with Crippen molar-refractivity contribution in [3.63, 3.8) is 0 Å². The minimum absolute atomic E-state index is 0.00723. The second-order valence-electron chi connectivity index (χ2n) is 5.01. The average Bonchev–Trinajstić information content (AvgIpc) is 2.42. The third kappa shape index (κ3) is 5.45. The highest BCUT2D eigenvalue weighted by molar-refractivity contribution is 7.99. The zero-order valence-corrected chi connectivity index (χ0v) is 13.8. The van der Waals surface area contributed by atoms with Gasteiger partial charge in [0.1, 0.15) is 0 Å². The molecule has 1 aromatic carbocycles. The summed E-state index contributed by atoms with van der Waals surface area (Å²) in [6.07, 6.45) is 1.04. The Hall–Kier alpha value is -1.16. The molecule has 0 heterocycles. The van der Waals surface area contributed by atoms with Gasteiger partial charge in [0.25, 0.3) is 5.91 Å². The quantitative estimate of drug-likeness (QED) is 0.768. The molecule has 3 nitrogen and oxygen atoms in total. The molecule has 4 heteroatoms. The minimum atomic E-state index is 0.00723. The van der Waals surface area contributed by atoms with Crippen molar-refractivity contribution in [2.45, 2.75) is 40.2 Å². The maximum absolute atomic E-state index is 12.4. The Bertz CT molecular complexity index is 434. The number of amides is 1. The molecule has 0 aliphatic carbocycles. The fraction of sp³-hybridized carbons (Fsp3) is 0.562. The number of thioether (sulfide) groups is 1. The van der Waals surface area contributed by atoms with Crippen LogP contribution < -0.4 is 10.6 Å². The van der Waals surface area contributed by atoms with Gasteiger partial charge in [-0.05, 0) is 43.7 Å². The Morgan fingerprint density at radius 2 is 2.10 bits per heavy atom. The monoisotopic (exact) mass is 294 g/mol. The summed E-state index contributed by atoms with van der Waals surface area (Å²) in [6.45, 7) is 9.22.